The third-order valence-electron chi connectivity index (χ3n) is 3.87. The molecule has 0 atom stereocenters. The zero-order valence-corrected chi connectivity index (χ0v) is 16.0. The van der Waals surface area contributed by atoms with Gasteiger partial charge in [-0.15, -0.1) is 5.10 Å². The van der Waals surface area contributed by atoms with Gasteiger partial charge >= 0.3 is 0 Å². The first-order valence-electron chi connectivity index (χ1n) is 8.14. The van der Waals surface area contributed by atoms with Crippen LogP contribution in [-0.4, -0.2) is 58.8 Å². The van der Waals surface area contributed by atoms with Crippen molar-refractivity contribution in [2.75, 3.05) is 27.1 Å². The highest BCUT2D eigenvalue weighted by molar-refractivity contribution is 5.94. The van der Waals surface area contributed by atoms with Crippen LogP contribution < -0.4 is 25.4 Å². The van der Waals surface area contributed by atoms with Gasteiger partial charge in [0.15, 0.2) is 17.2 Å². The van der Waals surface area contributed by atoms with Crippen molar-refractivity contribution in [3.8, 4) is 23.1 Å². The van der Waals surface area contributed by atoms with Crippen LogP contribution in [0.25, 0.3) is 5.82 Å². The maximum atomic E-state index is 12.4. The van der Waals surface area contributed by atoms with Crippen LogP contribution >= 0.6 is 0 Å². The second-order valence-electron chi connectivity index (χ2n) is 5.57. The molecule has 3 aromatic rings. The summed E-state index contributed by atoms with van der Waals surface area (Å²) >= 11 is 0. The van der Waals surface area contributed by atoms with Crippen molar-refractivity contribution in [2.45, 2.75) is 6.92 Å². The number of methoxy groups -OCH3 is 3. The molecule has 0 bridgehead atoms. The molecule has 0 fully saturated rings. The number of aromatic nitrogens is 5. The highest BCUT2D eigenvalue weighted by atomic mass is 16.6. The normalized spacial score (nSPS) is 10.9. The number of benzene rings is 1. The molecule has 0 aliphatic carbocycles. The van der Waals surface area contributed by atoms with E-state index in [1.54, 1.807) is 19.1 Å². The summed E-state index contributed by atoms with van der Waals surface area (Å²) in [4.78, 5) is 12.4. The van der Waals surface area contributed by atoms with Crippen LogP contribution in [-0.2, 0) is 0 Å². The summed E-state index contributed by atoms with van der Waals surface area (Å²) in [7, 11) is 4.51. The minimum absolute atomic E-state index is 0.0189. The summed E-state index contributed by atoms with van der Waals surface area (Å²) in [6, 6.07) is 3.36. The third kappa shape index (κ3) is 3.78. The van der Waals surface area contributed by atoms with Crippen molar-refractivity contribution in [3.63, 3.8) is 0 Å². The summed E-state index contributed by atoms with van der Waals surface area (Å²) in [6.45, 7) is 1.62. The minimum Gasteiger partial charge on any atom is -0.493 e. The van der Waals surface area contributed by atoms with Crippen molar-refractivity contribution >= 4 is 17.9 Å². The Kier molecular flexibility index (Phi) is 5.57. The molecule has 0 radical (unpaired) electrons. The maximum Gasteiger partial charge on any atom is 0.293 e. The SMILES string of the molecule is COc1cc(C=NNC(=O)c2nnn(-c3nonc3N)c2C)cc(OC)c1OC. The van der Waals surface area contributed by atoms with Crippen molar-refractivity contribution in [1.82, 2.24) is 30.7 Å². The smallest absolute Gasteiger partial charge is 0.293 e. The van der Waals surface area contributed by atoms with E-state index in [2.05, 4.69) is 35.8 Å². The van der Waals surface area contributed by atoms with E-state index in [1.165, 1.54) is 32.2 Å². The molecular formula is C16H18N8O5. The van der Waals surface area contributed by atoms with Crippen LogP contribution in [0.5, 0.6) is 17.2 Å². The summed E-state index contributed by atoms with van der Waals surface area (Å²) in [6.07, 6.45) is 1.42. The number of hydrazone groups is 1. The van der Waals surface area contributed by atoms with Gasteiger partial charge in [0.1, 0.15) is 0 Å². The Balaban J connectivity index is 1.77. The van der Waals surface area contributed by atoms with Crippen LogP contribution in [0.3, 0.4) is 0 Å². The molecule has 29 heavy (non-hydrogen) atoms. The Hall–Kier alpha value is -4.16. The Bertz CT molecular complexity index is 1030. The van der Waals surface area contributed by atoms with E-state index in [1.807, 2.05) is 0 Å². The molecule has 1 aromatic carbocycles. The number of rotatable bonds is 7. The number of hydrogen-bond donors (Lipinski definition) is 2. The van der Waals surface area contributed by atoms with Crippen molar-refractivity contribution in [2.24, 2.45) is 5.10 Å². The standard InChI is InChI=1S/C16H18N8O5/c1-8-12(19-23-24(8)15-14(17)21-29-22-15)16(25)20-18-7-9-5-10(26-2)13(28-4)11(6-9)27-3/h5-7H,1-4H3,(H2,17,21)(H,20,25). The molecule has 13 nitrogen and oxygen atoms in total. The number of nitrogens with zero attached hydrogens (tertiary/aromatic N) is 6. The van der Waals surface area contributed by atoms with Crippen LogP contribution in [0, 0.1) is 6.92 Å². The number of nitrogens with two attached hydrogens (primary N) is 1. The second kappa shape index (κ2) is 8.24. The van der Waals surface area contributed by atoms with Gasteiger partial charge in [-0.3, -0.25) is 4.79 Å². The number of nitrogens with one attached hydrogen (secondary N) is 1. The van der Waals surface area contributed by atoms with Crippen LogP contribution in [0.15, 0.2) is 21.9 Å². The monoisotopic (exact) mass is 402 g/mol. The number of carbonyl (C=O) groups is 1. The zero-order valence-electron chi connectivity index (χ0n) is 16.0. The predicted molar refractivity (Wildman–Crippen MR) is 99.5 cm³/mol. The molecule has 0 unspecified atom stereocenters. The highest BCUT2D eigenvalue weighted by Gasteiger charge is 2.20. The number of carbonyl (C=O) groups excluding carboxylic acids is 1. The van der Waals surface area contributed by atoms with Gasteiger partial charge in [0.2, 0.25) is 17.4 Å². The lowest BCUT2D eigenvalue weighted by molar-refractivity contribution is 0.0949. The van der Waals surface area contributed by atoms with E-state index >= 15 is 0 Å². The molecule has 0 saturated heterocycles. The van der Waals surface area contributed by atoms with Gasteiger partial charge in [-0.05, 0) is 29.4 Å². The van der Waals surface area contributed by atoms with E-state index in [0.717, 1.165) is 0 Å². The fourth-order valence-corrected chi connectivity index (χ4v) is 2.47. The average Bonchev–Trinajstić information content (AvgIpc) is 3.31. The topological polar surface area (TPSA) is 165 Å². The quantitative estimate of drug-likeness (QED) is 0.415. The molecule has 1 amide bonds. The Morgan fingerprint density at radius 1 is 1.21 bits per heavy atom. The van der Waals surface area contributed by atoms with E-state index in [9.17, 15) is 4.79 Å². The Labute approximate surface area is 164 Å². The zero-order chi connectivity index (χ0) is 21.0. The molecule has 2 heterocycles. The molecule has 3 rings (SSSR count). The number of hydrogen-bond acceptors (Lipinski definition) is 11. The second-order valence-corrected chi connectivity index (χ2v) is 5.57. The van der Waals surface area contributed by atoms with Crippen LogP contribution in [0.4, 0.5) is 5.82 Å². The summed E-state index contributed by atoms with van der Waals surface area (Å²) in [5.74, 6) is 0.937. The lowest BCUT2D eigenvalue weighted by Gasteiger charge is -2.12. The van der Waals surface area contributed by atoms with E-state index in [0.29, 0.717) is 28.5 Å². The molecule has 0 saturated carbocycles. The number of nitrogen functional groups attached to an aromatic ring is 1. The van der Waals surface area contributed by atoms with Crippen LogP contribution in [0.1, 0.15) is 21.7 Å². The molecule has 2 aromatic heterocycles. The first-order valence-corrected chi connectivity index (χ1v) is 8.14. The minimum atomic E-state index is -0.576. The lowest BCUT2D eigenvalue weighted by Crippen LogP contribution is -2.19. The average molecular weight is 402 g/mol. The lowest BCUT2D eigenvalue weighted by atomic mass is 10.2. The van der Waals surface area contributed by atoms with Crippen molar-refractivity contribution < 1.29 is 23.6 Å². The summed E-state index contributed by atoms with van der Waals surface area (Å²) < 4.78 is 21.6. The summed E-state index contributed by atoms with van der Waals surface area (Å²) in [5, 5.41) is 18.7. The van der Waals surface area contributed by atoms with Gasteiger partial charge in [-0.2, -0.15) is 9.78 Å². The van der Waals surface area contributed by atoms with Crippen molar-refractivity contribution in [1.29, 1.82) is 0 Å². The number of anilines is 1. The third-order valence-corrected chi connectivity index (χ3v) is 3.87. The largest absolute Gasteiger partial charge is 0.493 e. The van der Waals surface area contributed by atoms with Gasteiger partial charge < -0.3 is 19.9 Å². The van der Waals surface area contributed by atoms with Crippen LogP contribution in [0.2, 0.25) is 0 Å². The van der Waals surface area contributed by atoms with Gasteiger partial charge in [-0.25, -0.2) is 10.1 Å². The van der Waals surface area contributed by atoms with E-state index in [4.69, 9.17) is 19.9 Å². The number of amides is 1. The van der Waals surface area contributed by atoms with Gasteiger partial charge in [0, 0.05) is 5.56 Å². The highest BCUT2D eigenvalue weighted by Crippen LogP contribution is 2.37. The summed E-state index contributed by atoms with van der Waals surface area (Å²) in [5.41, 5.74) is 9.04. The fourth-order valence-electron chi connectivity index (χ4n) is 2.47. The predicted octanol–water partition coefficient (Wildman–Crippen LogP) is 0.331. The maximum absolute atomic E-state index is 12.4. The number of ether oxygens (including phenoxy) is 3. The Morgan fingerprint density at radius 3 is 2.45 bits per heavy atom. The van der Waals surface area contributed by atoms with E-state index in [-0.39, 0.29) is 17.3 Å². The molecule has 152 valence electrons. The first-order chi connectivity index (χ1) is 14.0. The molecule has 0 spiro atoms. The molecular weight excluding hydrogens is 384 g/mol. The van der Waals surface area contributed by atoms with Gasteiger partial charge in [0.25, 0.3) is 5.91 Å². The van der Waals surface area contributed by atoms with E-state index < -0.39 is 5.91 Å². The van der Waals surface area contributed by atoms with Gasteiger partial charge in [0.05, 0.1) is 33.2 Å². The first kappa shape index (κ1) is 19.6. The van der Waals surface area contributed by atoms with Gasteiger partial charge in [-0.1, -0.05) is 5.21 Å². The fraction of sp³-hybridized carbons (Fsp3) is 0.250. The molecule has 0 aliphatic rings. The Morgan fingerprint density at radius 2 is 1.90 bits per heavy atom. The van der Waals surface area contributed by atoms with Crippen molar-refractivity contribution in [3.05, 3.63) is 29.1 Å². The molecule has 3 N–H and O–H groups in total. The molecule has 13 heteroatoms. The molecule has 0 aliphatic heterocycles.